The van der Waals surface area contributed by atoms with Crippen LogP contribution in [0.3, 0.4) is 0 Å². The molecule has 0 saturated carbocycles. The maximum absolute atomic E-state index is 5.40. The molecule has 3 rings (SSSR count). The summed E-state index contributed by atoms with van der Waals surface area (Å²) in [6.07, 6.45) is 4.83. The summed E-state index contributed by atoms with van der Waals surface area (Å²) in [4.78, 5) is 5.57. The molecular formula is C13H16BrN3OS. The zero-order valence-electron chi connectivity index (χ0n) is 10.8. The highest BCUT2D eigenvalue weighted by Crippen LogP contribution is 2.34. The molecule has 1 atom stereocenters. The molecule has 1 aliphatic rings. The minimum atomic E-state index is 0.240. The highest BCUT2D eigenvalue weighted by atomic mass is 79.9. The maximum Gasteiger partial charge on any atom is 0.268 e. The van der Waals surface area contributed by atoms with Gasteiger partial charge in [0, 0.05) is 0 Å². The van der Waals surface area contributed by atoms with Crippen LogP contribution in [-0.4, -0.2) is 16.7 Å². The number of rotatable bonds is 2. The van der Waals surface area contributed by atoms with Gasteiger partial charge in [-0.1, -0.05) is 18.0 Å². The molecule has 0 aliphatic carbocycles. The van der Waals surface area contributed by atoms with E-state index in [4.69, 9.17) is 4.52 Å². The van der Waals surface area contributed by atoms with E-state index in [1.807, 2.05) is 0 Å². The lowest BCUT2D eigenvalue weighted by Crippen LogP contribution is -2.21. The fourth-order valence-electron chi connectivity index (χ4n) is 2.29. The molecule has 19 heavy (non-hydrogen) atoms. The van der Waals surface area contributed by atoms with Gasteiger partial charge in [0.1, 0.15) is 0 Å². The standard InChI is InChI=1S/C13H16BrN3OS/c1-8-7-10(19-11(8)14)13-16-12(17-18-13)9-5-3-2-4-6-15-9/h7,9,15H,2-6H2,1H3. The Bertz CT molecular complexity index is 538. The lowest BCUT2D eigenvalue weighted by atomic mass is 10.1. The van der Waals surface area contributed by atoms with E-state index in [0.29, 0.717) is 5.89 Å². The number of aryl methyl sites for hydroxylation is 1. The van der Waals surface area contributed by atoms with Crippen molar-refractivity contribution >= 4 is 27.3 Å². The largest absolute Gasteiger partial charge is 0.333 e. The quantitative estimate of drug-likeness (QED) is 0.894. The molecule has 0 amide bonds. The molecule has 0 aromatic carbocycles. The van der Waals surface area contributed by atoms with Crippen molar-refractivity contribution in [2.45, 2.75) is 38.6 Å². The summed E-state index contributed by atoms with van der Waals surface area (Å²) in [5.41, 5.74) is 1.20. The zero-order valence-corrected chi connectivity index (χ0v) is 13.2. The molecule has 0 bridgehead atoms. The van der Waals surface area contributed by atoms with Crippen molar-refractivity contribution < 1.29 is 4.52 Å². The van der Waals surface area contributed by atoms with Gasteiger partial charge in [0.05, 0.1) is 14.7 Å². The van der Waals surface area contributed by atoms with Crippen LogP contribution < -0.4 is 5.32 Å². The van der Waals surface area contributed by atoms with Crippen LogP contribution in [-0.2, 0) is 0 Å². The Hall–Kier alpha value is -0.720. The van der Waals surface area contributed by atoms with Crippen molar-refractivity contribution in [1.82, 2.24) is 15.5 Å². The highest BCUT2D eigenvalue weighted by molar-refractivity contribution is 9.11. The third-order valence-corrected chi connectivity index (χ3v) is 5.51. The SMILES string of the molecule is Cc1cc(-c2nc(C3CCCCCN3)no2)sc1Br. The van der Waals surface area contributed by atoms with Crippen LogP contribution in [0.1, 0.15) is 43.1 Å². The highest BCUT2D eigenvalue weighted by Gasteiger charge is 2.20. The Balaban J connectivity index is 1.82. The van der Waals surface area contributed by atoms with E-state index in [9.17, 15) is 0 Å². The van der Waals surface area contributed by atoms with Gasteiger partial charge in [-0.2, -0.15) is 4.98 Å². The van der Waals surface area contributed by atoms with Crippen molar-refractivity contribution in [2.24, 2.45) is 0 Å². The van der Waals surface area contributed by atoms with E-state index in [0.717, 1.165) is 27.5 Å². The van der Waals surface area contributed by atoms with Gasteiger partial charge in [0.2, 0.25) is 0 Å². The van der Waals surface area contributed by atoms with E-state index in [2.05, 4.69) is 44.4 Å². The van der Waals surface area contributed by atoms with Crippen molar-refractivity contribution in [2.75, 3.05) is 6.54 Å². The average molecular weight is 342 g/mol. The molecule has 1 N–H and O–H groups in total. The fraction of sp³-hybridized carbons (Fsp3) is 0.538. The second-order valence-corrected chi connectivity index (χ2v) is 7.25. The molecule has 2 aromatic rings. The first kappa shape index (κ1) is 13.3. The van der Waals surface area contributed by atoms with Crippen LogP contribution in [0.2, 0.25) is 0 Å². The predicted molar refractivity (Wildman–Crippen MR) is 79.3 cm³/mol. The van der Waals surface area contributed by atoms with Crippen LogP contribution in [0.15, 0.2) is 14.4 Å². The topological polar surface area (TPSA) is 51.0 Å². The Kier molecular flexibility index (Phi) is 4.00. The molecule has 1 fully saturated rings. The normalized spacial score (nSPS) is 20.4. The lowest BCUT2D eigenvalue weighted by Gasteiger charge is -2.09. The predicted octanol–water partition coefficient (Wildman–Crippen LogP) is 4.07. The van der Waals surface area contributed by atoms with E-state index in [1.54, 1.807) is 11.3 Å². The van der Waals surface area contributed by atoms with Gasteiger partial charge in [-0.3, -0.25) is 0 Å². The number of thiophene rings is 1. The number of aromatic nitrogens is 2. The molecular weight excluding hydrogens is 326 g/mol. The minimum Gasteiger partial charge on any atom is -0.333 e. The molecule has 0 radical (unpaired) electrons. The molecule has 1 unspecified atom stereocenters. The molecule has 0 spiro atoms. The van der Waals surface area contributed by atoms with Crippen LogP contribution in [0.25, 0.3) is 10.8 Å². The maximum atomic E-state index is 5.40. The van der Waals surface area contributed by atoms with Gasteiger partial charge in [0.15, 0.2) is 5.82 Å². The Morgan fingerprint density at radius 3 is 3.11 bits per heavy atom. The van der Waals surface area contributed by atoms with Gasteiger partial charge < -0.3 is 9.84 Å². The first-order valence-corrected chi connectivity index (χ1v) is 8.18. The third-order valence-electron chi connectivity index (χ3n) is 3.38. The summed E-state index contributed by atoms with van der Waals surface area (Å²) in [6.45, 7) is 3.10. The average Bonchev–Trinajstić information content (AvgIpc) is 2.90. The molecule has 1 aliphatic heterocycles. The van der Waals surface area contributed by atoms with Crippen LogP contribution in [0.4, 0.5) is 0 Å². The van der Waals surface area contributed by atoms with E-state index in [1.165, 1.54) is 24.8 Å². The number of halogens is 1. The first-order valence-electron chi connectivity index (χ1n) is 6.57. The second-order valence-electron chi connectivity index (χ2n) is 4.88. The number of nitrogens with zero attached hydrogens (tertiary/aromatic N) is 2. The fourth-order valence-corrected chi connectivity index (χ4v) is 3.75. The minimum absolute atomic E-state index is 0.240. The summed E-state index contributed by atoms with van der Waals surface area (Å²) >= 11 is 5.15. The monoisotopic (exact) mass is 341 g/mol. The summed E-state index contributed by atoms with van der Waals surface area (Å²) in [6, 6.07) is 2.32. The van der Waals surface area contributed by atoms with Crippen LogP contribution in [0.5, 0.6) is 0 Å². The molecule has 2 aromatic heterocycles. The van der Waals surface area contributed by atoms with Crippen molar-refractivity contribution in [3.63, 3.8) is 0 Å². The number of hydrogen-bond acceptors (Lipinski definition) is 5. The molecule has 3 heterocycles. The summed E-state index contributed by atoms with van der Waals surface area (Å²) in [5, 5.41) is 7.63. The summed E-state index contributed by atoms with van der Waals surface area (Å²) < 4.78 is 6.52. The van der Waals surface area contributed by atoms with Crippen molar-refractivity contribution in [3.05, 3.63) is 21.2 Å². The van der Waals surface area contributed by atoms with Gasteiger partial charge in [-0.05, 0) is 53.9 Å². The molecule has 1 saturated heterocycles. The number of hydrogen-bond donors (Lipinski definition) is 1. The number of nitrogens with one attached hydrogen (secondary N) is 1. The van der Waals surface area contributed by atoms with Crippen LogP contribution >= 0.6 is 27.3 Å². The zero-order chi connectivity index (χ0) is 13.2. The van der Waals surface area contributed by atoms with Gasteiger partial charge in [0.25, 0.3) is 5.89 Å². The Labute approximate surface area is 124 Å². The van der Waals surface area contributed by atoms with Gasteiger partial charge >= 0.3 is 0 Å². The van der Waals surface area contributed by atoms with Gasteiger partial charge in [-0.25, -0.2) is 0 Å². The van der Waals surface area contributed by atoms with Crippen molar-refractivity contribution in [1.29, 1.82) is 0 Å². The second kappa shape index (κ2) is 5.73. The van der Waals surface area contributed by atoms with Crippen molar-refractivity contribution in [3.8, 4) is 10.8 Å². The lowest BCUT2D eigenvalue weighted by molar-refractivity contribution is 0.403. The molecule has 4 nitrogen and oxygen atoms in total. The molecule has 6 heteroatoms. The van der Waals surface area contributed by atoms with Crippen LogP contribution in [0, 0.1) is 6.92 Å². The van der Waals surface area contributed by atoms with Gasteiger partial charge in [-0.15, -0.1) is 11.3 Å². The van der Waals surface area contributed by atoms with E-state index < -0.39 is 0 Å². The van der Waals surface area contributed by atoms with E-state index >= 15 is 0 Å². The smallest absolute Gasteiger partial charge is 0.268 e. The van der Waals surface area contributed by atoms with E-state index in [-0.39, 0.29) is 6.04 Å². The Morgan fingerprint density at radius 2 is 2.32 bits per heavy atom. The Morgan fingerprint density at radius 1 is 1.42 bits per heavy atom. The third kappa shape index (κ3) is 2.90. The first-order chi connectivity index (χ1) is 9.24. The summed E-state index contributed by atoms with van der Waals surface area (Å²) in [7, 11) is 0. The molecule has 102 valence electrons. The summed E-state index contributed by atoms with van der Waals surface area (Å²) in [5.74, 6) is 1.42.